The third kappa shape index (κ3) is 8.78. The lowest BCUT2D eigenvalue weighted by Gasteiger charge is -2.25. The lowest BCUT2D eigenvalue weighted by atomic mass is 9.85. The SMILES string of the molecule is CC(=O)O.N[C@H]1CCC[C@@H](C(=O)NC/C=C/c2ccccc2)C1. The van der Waals surface area contributed by atoms with Crippen molar-refractivity contribution in [3.63, 3.8) is 0 Å². The first kappa shape index (κ1) is 18.9. The normalized spacial score (nSPS) is 20.4. The second-order valence-corrected chi connectivity index (χ2v) is 5.70. The topological polar surface area (TPSA) is 92.4 Å². The van der Waals surface area contributed by atoms with E-state index in [0.29, 0.717) is 6.54 Å². The summed E-state index contributed by atoms with van der Waals surface area (Å²) in [4.78, 5) is 21.0. The van der Waals surface area contributed by atoms with Crippen molar-refractivity contribution in [1.29, 1.82) is 0 Å². The van der Waals surface area contributed by atoms with Gasteiger partial charge in [0, 0.05) is 25.4 Å². The molecule has 0 aliphatic heterocycles. The molecule has 0 aromatic heterocycles. The fourth-order valence-electron chi connectivity index (χ4n) is 2.53. The number of hydrogen-bond donors (Lipinski definition) is 3. The molecule has 1 saturated carbocycles. The molecule has 1 aliphatic rings. The van der Waals surface area contributed by atoms with Gasteiger partial charge < -0.3 is 16.2 Å². The van der Waals surface area contributed by atoms with Gasteiger partial charge in [-0.2, -0.15) is 0 Å². The van der Waals surface area contributed by atoms with E-state index in [-0.39, 0.29) is 17.9 Å². The summed E-state index contributed by atoms with van der Waals surface area (Å²) < 4.78 is 0. The molecular weight excluding hydrogens is 292 g/mol. The molecule has 0 bridgehead atoms. The number of carbonyl (C=O) groups is 2. The molecule has 5 nitrogen and oxygen atoms in total. The minimum absolute atomic E-state index is 0.105. The van der Waals surface area contributed by atoms with Gasteiger partial charge in [-0.1, -0.05) is 48.9 Å². The van der Waals surface area contributed by atoms with Crippen LogP contribution in [0.1, 0.15) is 38.2 Å². The third-order valence-corrected chi connectivity index (χ3v) is 3.59. The second-order valence-electron chi connectivity index (χ2n) is 5.70. The van der Waals surface area contributed by atoms with Crippen LogP contribution in [0.5, 0.6) is 0 Å². The summed E-state index contributed by atoms with van der Waals surface area (Å²) in [6.07, 6.45) is 7.93. The lowest BCUT2D eigenvalue weighted by molar-refractivity contribution is -0.134. The van der Waals surface area contributed by atoms with Crippen LogP contribution in [0.15, 0.2) is 36.4 Å². The Balaban J connectivity index is 0.000000593. The van der Waals surface area contributed by atoms with E-state index in [1.54, 1.807) is 0 Å². The van der Waals surface area contributed by atoms with E-state index in [4.69, 9.17) is 15.6 Å². The van der Waals surface area contributed by atoms with Gasteiger partial charge in [0.1, 0.15) is 0 Å². The fraction of sp³-hybridized carbons (Fsp3) is 0.444. The van der Waals surface area contributed by atoms with E-state index in [9.17, 15) is 4.79 Å². The number of benzene rings is 1. The van der Waals surface area contributed by atoms with E-state index < -0.39 is 5.97 Å². The maximum absolute atomic E-state index is 12.0. The molecule has 2 atom stereocenters. The average Bonchev–Trinajstić information content (AvgIpc) is 2.52. The smallest absolute Gasteiger partial charge is 0.300 e. The van der Waals surface area contributed by atoms with Crippen molar-refractivity contribution >= 4 is 18.0 Å². The van der Waals surface area contributed by atoms with Crippen molar-refractivity contribution in [2.75, 3.05) is 6.54 Å². The van der Waals surface area contributed by atoms with Crippen LogP contribution in [-0.4, -0.2) is 29.6 Å². The van der Waals surface area contributed by atoms with Gasteiger partial charge >= 0.3 is 0 Å². The van der Waals surface area contributed by atoms with Crippen molar-refractivity contribution < 1.29 is 14.7 Å². The molecule has 1 aliphatic carbocycles. The van der Waals surface area contributed by atoms with Crippen molar-refractivity contribution in [3.05, 3.63) is 42.0 Å². The Hall–Kier alpha value is -2.14. The standard InChI is InChI=1S/C16H22N2O.C2H4O2/c17-15-10-4-9-14(12-15)16(19)18-11-5-8-13-6-2-1-3-7-13;1-2(3)4/h1-3,5-8,14-15H,4,9-12,17H2,(H,18,19);1H3,(H,3,4)/b8-5+;/t14-,15+;/m1./s1. The molecule has 0 saturated heterocycles. The van der Waals surface area contributed by atoms with Crippen LogP contribution < -0.4 is 11.1 Å². The first-order chi connectivity index (χ1) is 11.0. The molecule has 4 N–H and O–H groups in total. The number of nitrogens with two attached hydrogens (primary N) is 1. The summed E-state index contributed by atoms with van der Waals surface area (Å²) in [5.41, 5.74) is 7.05. The Labute approximate surface area is 137 Å². The van der Waals surface area contributed by atoms with Gasteiger partial charge in [0.15, 0.2) is 0 Å². The van der Waals surface area contributed by atoms with Gasteiger partial charge in [-0.05, 0) is 24.8 Å². The number of carboxylic acid groups (broad SMARTS) is 1. The zero-order chi connectivity index (χ0) is 17.1. The molecule has 0 unspecified atom stereocenters. The fourth-order valence-corrected chi connectivity index (χ4v) is 2.53. The Bertz CT molecular complexity index is 510. The predicted octanol–water partition coefficient (Wildman–Crippen LogP) is 2.42. The van der Waals surface area contributed by atoms with Crippen molar-refractivity contribution in [1.82, 2.24) is 5.32 Å². The van der Waals surface area contributed by atoms with E-state index in [0.717, 1.165) is 38.2 Å². The minimum atomic E-state index is -0.833. The molecule has 1 amide bonds. The second kappa shape index (κ2) is 10.6. The first-order valence-corrected chi connectivity index (χ1v) is 7.93. The van der Waals surface area contributed by atoms with Crippen LogP contribution >= 0.6 is 0 Å². The maximum Gasteiger partial charge on any atom is 0.300 e. The molecule has 0 spiro atoms. The molecular formula is C18H26N2O3. The maximum atomic E-state index is 12.0. The Morgan fingerprint density at radius 3 is 2.57 bits per heavy atom. The molecule has 5 heteroatoms. The minimum Gasteiger partial charge on any atom is -0.481 e. The molecule has 1 fully saturated rings. The summed E-state index contributed by atoms with van der Waals surface area (Å²) in [5.74, 6) is -0.582. The summed E-state index contributed by atoms with van der Waals surface area (Å²) in [6, 6.07) is 10.3. The zero-order valence-corrected chi connectivity index (χ0v) is 13.6. The van der Waals surface area contributed by atoms with Crippen LogP contribution in [0.2, 0.25) is 0 Å². The highest BCUT2D eigenvalue weighted by molar-refractivity contribution is 5.79. The first-order valence-electron chi connectivity index (χ1n) is 7.93. The molecule has 23 heavy (non-hydrogen) atoms. The van der Waals surface area contributed by atoms with E-state index in [1.165, 1.54) is 0 Å². The lowest BCUT2D eigenvalue weighted by Crippen LogP contribution is -2.37. The van der Waals surface area contributed by atoms with Crippen molar-refractivity contribution in [2.24, 2.45) is 11.7 Å². The average molecular weight is 318 g/mol. The summed E-state index contributed by atoms with van der Waals surface area (Å²) in [5, 5.41) is 10.4. The van der Waals surface area contributed by atoms with Crippen LogP contribution in [-0.2, 0) is 9.59 Å². The molecule has 126 valence electrons. The van der Waals surface area contributed by atoms with Gasteiger partial charge in [-0.15, -0.1) is 0 Å². The van der Waals surface area contributed by atoms with E-state index in [1.807, 2.05) is 42.5 Å². The highest BCUT2D eigenvalue weighted by Gasteiger charge is 2.24. The molecule has 1 aromatic carbocycles. The van der Waals surface area contributed by atoms with Crippen LogP contribution in [0, 0.1) is 5.92 Å². The van der Waals surface area contributed by atoms with Gasteiger partial charge in [0.25, 0.3) is 5.97 Å². The predicted molar refractivity (Wildman–Crippen MR) is 91.7 cm³/mol. The zero-order valence-electron chi connectivity index (χ0n) is 13.6. The number of carboxylic acids is 1. The van der Waals surface area contributed by atoms with Crippen LogP contribution in [0.3, 0.4) is 0 Å². The van der Waals surface area contributed by atoms with Crippen molar-refractivity contribution in [3.8, 4) is 0 Å². The van der Waals surface area contributed by atoms with E-state index >= 15 is 0 Å². The highest BCUT2D eigenvalue weighted by atomic mass is 16.4. The van der Waals surface area contributed by atoms with Crippen LogP contribution in [0.25, 0.3) is 6.08 Å². The Morgan fingerprint density at radius 2 is 1.96 bits per heavy atom. The number of amides is 1. The number of hydrogen-bond acceptors (Lipinski definition) is 3. The van der Waals surface area contributed by atoms with E-state index in [2.05, 4.69) is 5.32 Å². The molecule has 0 radical (unpaired) electrons. The summed E-state index contributed by atoms with van der Waals surface area (Å²) in [7, 11) is 0. The van der Waals surface area contributed by atoms with Gasteiger partial charge in [-0.3, -0.25) is 9.59 Å². The Morgan fingerprint density at radius 1 is 1.30 bits per heavy atom. The number of aliphatic carboxylic acids is 1. The van der Waals surface area contributed by atoms with Gasteiger partial charge in [0.2, 0.25) is 5.91 Å². The van der Waals surface area contributed by atoms with Crippen LogP contribution in [0.4, 0.5) is 0 Å². The van der Waals surface area contributed by atoms with Gasteiger partial charge in [-0.25, -0.2) is 0 Å². The van der Waals surface area contributed by atoms with Gasteiger partial charge in [0.05, 0.1) is 0 Å². The molecule has 2 rings (SSSR count). The largest absolute Gasteiger partial charge is 0.481 e. The molecule has 0 heterocycles. The Kier molecular flexibility index (Phi) is 8.68. The monoisotopic (exact) mass is 318 g/mol. The summed E-state index contributed by atoms with van der Waals surface area (Å²) in [6.45, 7) is 1.67. The quantitative estimate of drug-likeness (QED) is 0.795. The van der Waals surface area contributed by atoms with Crippen molar-refractivity contribution in [2.45, 2.75) is 38.6 Å². The number of rotatable bonds is 4. The number of carbonyl (C=O) groups excluding carboxylic acids is 1. The third-order valence-electron chi connectivity index (χ3n) is 3.59. The number of nitrogens with one attached hydrogen (secondary N) is 1. The molecule has 1 aromatic rings. The highest BCUT2D eigenvalue weighted by Crippen LogP contribution is 2.22. The summed E-state index contributed by atoms with van der Waals surface area (Å²) >= 11 is 0.